The minimum absolute atomic E-state index is 0.0741. The molecule has 0 aromatic rings. The number of carbonyl (C=O) groups is 2. The third-order valence-corrected chi connectivity index (χ3v) is 2.07. The van der Waals surface area contributed by atoms with E-state index in [-0.39, 0.29) is 11.8 Å². The van der Waals surface area contributed by atoms with Gasteiger partial charge in [-0.05, 0) is 27.7 Å². The first-order valence-corrected chi connectivity index (χ1v) is 5.13. The maximum atomic E-state index is 11.6. The molecule has 0 spiro atoms. The van der Waals surface area contributed by atoms with Gasteiger partial charge in [-0.1, -0.05) is 0 Å². The lowest BCUT2D eigenvalue weighted by molar-refractivity contribution is -0.130. The fraction of sp³-hybridized carbons (Fsp3) is 0.800. The van der Waals surface area contributed by atoms with Gasteiger partial charge in [-0.25, -0.2) is 0 Å². The maximum Gasteiger partial charge on any atom is 0.236 e. The van der Waals surface area contributed by atoms with Crippen molar-refractivity contribution in [2.24, 2.45) is 11.1 Å². The summed E-state index contributed by atoms with van der Waals surface area (Å²) < 4.78 is 0. The van der Waals surface area contributed by atoms with Crippen LogP contribution in [0.1, 0.15) is 27.7 Å². The van der Waals surface area contributed by atoms with Gasteiger partial charge in [-0.15, -0.1) is 0 Å². The van der Waals surface area contributed by atoms with Gasteiger partial charge < -0.3 is 16.4 Å². The van der Waals surface area contributed by atoms with Gasteiger partial charge in [0, 0.05) is 13.1 Å². The summed E-state index contributed by atoms with van der Waals surface area (Å²) in [5.74, 6) is -0.317. The van der Waals surface area contributed by atoms with Gasteiger partial charge in [0.2, 0.25) is 11.8 Å². The Morgan fingerprint density at radius 3 is 2.27 bits per heavy atom. The third-order valence-electron chi connectivity index (χ3n) is 2.07. The lowest BCUT2D eigenvalue weighted by Gasteiger charge is -2.24. The van der Waals surface area contributed by atoms with Crippen molar-refractivity contribution in [2.45, 2.75) is 33.7 Å². The molecule has 88 valence electrons. The van der Waals surface area contributed by atoms with E-state index in [2.05, 4.69) is 10.6 Å². The van der Waals surface area contributed by atoms with Gasteiger partial charge in [0.15, 0.2) is 0 Å². The van der Waals surface area contributed by atoms with E-state index in [0.717, 1.165) is 0 Å². The molecule has 5 nitrogen and oxygen atoms in total. The number of hydrogen-bond donors (Lipinski definition) is 3. The standard InChI is InChI=1S/C10H21N3O2/c1-5-12-9(15)10(3,4)6-13-8(14)7(2)11/h7H,5-6,11H2,1-4H3,(H,12,15)(H,13,14). The summed E-state index contributed by atoms with van der Waals surface area (Å²) in [4.78, 5) is 22.8. The molecule has 0 aliphatic heterocycles. The van der Waals surface area contributed by atoms with E-state index in [1.807, 2.05) is 6.92 Å². The average molecular weight is 215 g/mol. The molecule has 0 bridgehead atoms. The number of carbonyl (C=O) groups excluding carboxylic acids is 2. The lowest BCUT2D eigenvalue weighted by Crippen LogP contribution is -2.48. The van der Waals surface area contributed by atoms with Crippen molar-refractivity contribution in [1.29, 1.82) is 0 Å². The normalized spacial score (nSPS) is 13.1. The minimum atomic E-state index is -0.611. The van der Waals surface area contributed by atoms with Crippen molar-refractivity contribution >= 4 is 11.8 Å². The molecule has 0 saturated carbocycles. The topological polar surface area (TPSA) is 84.2 Å². The third kappa shape index (κ3) is 4.78. The second-order valence-electron chi connectivity index (χ2n) is 4.25. The molecular weight excluding hydrogens is 194 g/mol. The first-order chi connectivity index (χ1) is 6.81. The van der Waals surface area contributed by atoms with Gasteiger partial charge in [0.1, 0.15) is 0 Å². The summed E-state index contributed by atoms with van der Waals surface area (Å²) in [7, 11) is 0. The Hall–Kier alpha value is -1.10. The zero-order valence-corrected chi connectivity index (χ0v) is 9.89. The van der Waals surface area contributed by atoms with Crippen LogP contribution in [0.2, 0.25) is 0 Å². The Kier molecular flexibility index (Phi) is 5.28. The van der Waals surface area contributed by atoms with Gasteiger partial charge in [0.25, 0.3) is 0 Å². The zero-order valence-electron chi connectivity index (χ0n) is 9.89. The summed E-state index contributed by atoms with van der Waals surface area (Å²) in [6, 6.07) is -0.546. The smallest absolute Gasteiger partial charge is 0.236 e. The summed E-state index contributed by atoms with van der Waals surface area (Å²) in [5, 5.41) is 5.35. The molecule has 0 rings (SSSR count). The molecule has 0 aliphatic carbocycles. The Labute approximate surface area is 90.8 Å². The van der Waals surface area contributed by atoms with Gasteiger partial charge in [-0.3, -0.25) is 9.59 Å². The van der Waals surface area contributed by atoms with Crippen LogP contribution in [0.15, 0.2) is 0 Å². The first kappa shape index (κ1) is 13.9. The van der Waals surface area contributed by atoms with Gasteiger partial charge >= 0.3 is 0 Å². The van der Waals surface area contributed by atoms with Crippen LogP contribution in [-0.2, 0) is 9.59 Å². The van der Waals surface area contributed by atoms with E-state index in [1.54, 1.807) is 20.8 Å². The van der Waals surface area contributed by atoms with Crippen molar-refractivity contribution in [3.05, 3.63) is 0 Å². The Bertz CT molecular complexity index is 237. The Balaban J connectivity index is 4.14. The van der Waals surface area contributed by atoms with Crippen LogP contribution in [0.3, 0.4) is 0 Å². The summed E-state index contributed by atoms with van der Waals surface area (Å²) in [5.41, 5.74) is 4.78. The second-order valence-corrected chi connectivity index (χ2v) is 4.25. The molecule has 15 heavy (non-hydrogen) atoms. The van der Waals surface area contributed by atoms with E-state index >= 15 is 0 Å². The largest absolute Gasteiger partial charge is 0.356 e. The van der Waals surface area contributed by atoms with Crippen molar-refractivity contribution < 1.29 is 9.59 Å². The van der Waals surface area contributed by atoms with E-state index < -0.39 is 11.5 Å². The molecule has 1 unspecified atom stereocenters. The monoisotopic (exact) mass is 215 g/mol. The highest BCUT2D eigenvalue weighted by Crippen LogP contribution is 2.13. The van der Waals surface area contributed by atoms with Gasteiger partial charge in [-0.2, -0.15) is 0 Å². The molecule has 0 saturated heterocycles. The van der Waals surface area contributed by atoms with Crippen LogP contribution in [-0.4, -0.2) is 30.9 Å². The molecular formula is C10H21N3O2. The molecule has 0 fully saturated rings. The Morgan fingerprint density at radius 1 is 1.33 bits per heavy atom. The van der Waals surface area contributed by atoms with E-state index in [4.69, 9.17) is 5.73 Å². The fourth-order valence-electron chi connectivity index (χ4n) is 0.949. The molecule has 0 aliphatic rings. The van der Waals surface area contributed by atoms with E-state index in [1.165, 1.54) is 0 Å². The summed E-state index contributed by atoms with van der Waals surface area (Å²) in [6.45, 7) is 7.89. The quantitative estimate of drug-likeness (QED) is 0.584. The highest BCUT2D eigenvalue weighted by atomic mass is 16.2. The Morgan fingerprint density at radius 2 is 1.87 bits per heavy atom. The molecule has 0 aromatic carbocycles. The van der Waals surface area contributed by atoms with Crippen molar-refractivity contribution in [2.75, 3.05) is 13.1 Å². The summed E-state index contributed by atoms with van der Waals surface area (Å²) >= 11 is 0. The first-order valence-electron chi connectivity index (χ1n) is 5.13. The molecule has 0 heterocycles. The molecule has 0 aromatic heterocycles. The van der Waals surface area contributed by atoms with Crippen molar-refractivity contribution in [3.63, 3.8) is 0 Å². The predicted octanol–water partition coefficient (Wildman–Crippen LogP) is -0.388. The van der Waals surface area contributed by atoms with E-state index in [0.29, 0.717) is 13.1 Å². The summed E-state index contributed by atoms with van der Waals surface area (Å²) in [6.07, 6.45) is 0. The second kappa shape index (κ2) is 5.70. The number of nitrogens with two attached hydrogens (primary N) is 1. The van der Waals surface area contributed by atoms with Crippen molar-refractivity contribution in [1.82, 2.24) is 10.6 Å². The van der Waals surface area contributed by atoms with Crippen LogP contribution in [0.25, 0.3) is 0 Å². The fourth-order valence-corrected chi connectivity index (χ4v) is 0.949. The molecule has 4 N–H and O–H groups in total. The predicted molar refractivity (Wildman–Crippen MR) is 59.1 cm³/mol. The molecule has 1 atom stereocenters. The minimum Gasteiger partial charge on any atom is -0.356 e. The maximum absolute atomic E-state index is 11.6. The van der Waals surface area contributed by atoms with Crippen LogP contribution in [0.5, 0.6) is 0 Å². The average Bonchev–Trinajstić information content (AvgIpc) is 2.14. The highest BCUT2D eigenvalue weighted by molar-refractivity contribution is 5.84. The van der Waals surface area contributed by atoms with Crippen LogP contribution < -0.4 is 16.4 Å². The lowest BCUT2D eigenvalue weighted by atomic mass is 9.92. The molecule has 2 amide bonds. The number of nitrogens with one attached hydrogen (secondary N) is 2. The van der Waals surface area contributed by atoms with Crippen LogP contribution >= 0.6 is 0 Å². The number of amides is 2. The highest BCUT2D eigenvalue weighted by Gasteiger charge is 2.27. The number of hydrogen-bond acceptors (Lipinski definition) is 3. The van der Waals surface area contributed by atoms with Crippen LogP contribution in [0, 0.1) is 5.41 Å². The van der Waals surface area contributed by atoms with E-state index in [9.17, 15) is 9.59 Å². The van der Waals surface area contributed by atoms with Gasteiger partial charge in [0.05, 0.1) is 11.5 Å². The number of rotatable bonds is 5. The zero-order chi connectivity index (χ0) is 12.1. The van der Waals surface area contributed by atoms with Crippen LogP contribution in [0.4, 0.5) is 0 Å². The molecule has 5 heteroatoms. The van der Waals surface area contributed by atoms with Crippen molar-refractivity contribution in [3.8, 4) is 0 Å². The SMILES string of the molecule is CCNC(=O)C(C)(C)CNC(=O)C(C)N. The molecule has 0 radical (unpaired) electrons.